The molecule has 2 aromatic rings. The second-order valence-corrected chi connectivity index (χ2v) is 7.68. The van der Waals surface area contributed by atoms with Gasteiger partial charge in [-0.1, -0.05) is 18.2 Å². The number of piperidine rings is 1. The second-order valence-electron chi connectivity index (χ2n) is 6.63. The Kier molecular flexibility index (Phi) is 6.05. The summed E-state index contributed by atoms with van der Waals surface area (Å²) in [7, 11) is 2.11. The van der Waals surface area contributed by atoms with E-state index in [9.17, 15) is 4.21 Å². The zero-order valence-electron chi connectivity index (χ0n) is 14.3. The van der Waals surface area contributed by atoms with Gasteiger partial charge in [-0.2, -0.15) is 0 Å². The molecule has 24 heavy (non-hydrogen) atoms. The van der Waals surface area contributed by atoms with Crippen LogP contribution in [0.4, 0.5) is 0 Å². The van der Waals surface area contributed by atoms with Crippen molar-refractivity contribution in [2.24, 2.45) is 7.05 Å². The van der Waals surface area contributed by atoms with E-state index in [1.54, 1.807) is 0 Å². The van der Waals surface area contributed by atoms with Crippen LogP contribution in [-0.2, 0) is 24.5 Å². The van der Waals surface area contributed by atoms with Crippen LogP contribution in [0.1, 0.15) is 18.4 Å². The highest BCUT2D eigenvalue weighted by atomic mass is 32.2. The predicted octanol–water partition coefficient (Wildman–Crippen LogP) is 2.00. The Labute approximate surface area is 146 Å². The number of aromatic nitrogens is 1. The lowest BCUT2D eigenvalue weighted by Gasteiger charge is -2.32. The molecule has 0 spiro atoms. The first-order valence-corrected chi connectivity index (χ1v) is 9.97. The largest absolute Gasteiger partial charge is 0.350 e. The fourth-order valence-corrected chi connectivity index (χ4v) is 4.02. The van der Waals surface area contributed by atoms with Crippen LogP contribution >= 0.6 is 0 Å². The number of aryl methyl sites for hydroxylation is 1. The van der Waals surface area contributed by atoms with Crippen molar-refractivity contribution in [3.05, 3.63) is 36.0 Å². The number of fused-ring (bicyclic) bond motifs is 1. The number of hydrogen-bond acceptors (Lipinski definition) is 3. The van der Waals surface area contributed by atoms with Gasteiger partial charge in [-0.05, 0) is 50.5 Å². The molecule has 1 aromatic carbocycles. The average Bonchev–Trinajstić information content (AvgIpc) is 2.91. The number of hydrogen-bond donors (Lipinski definition) is 2. The van der Waals surface area contributed by atoms with Gasteiger partial charge in [-0.3, -0.25) is 0 Å². The number of likely N-dealkylation sites (tertiary alicyclic amines) is 1. The third-order valence-electron chi connectivity index (χ3n) is 4.98. The van der Waals surface area contributed by atoms with Gasteiger partial charge in [-0.25, -0.2) is 4.21 Å². The molecular weight excluding hydrogens is 322 g/mol. The fraction of sp³-hybridized carbons (Fsp3) is 0.556. The molecule has 1 fully saturated rings. The van der Waals surface area contributed by atoms with E-state index in [0.717, 1.165) is 45.4 Å². The van der Waals surface area contributed by atoms with Crippen molar-refractivity contribution in [2.45, 2.75) is 25.3 Å². The molecule has 1 aliphatic heterocycles. The van der Waals surface area contributed by atoms with Crippen LogP contribution in [0, 0.1) is 0 Å². The lowest BCUT2D eigenvalue weighted by molar-refractivity contribution is 0.207. The molecule has 1 atom stereocenters. The summed E-state index contributed by atoms with van der Waals surface area (Å²) >= 11 is -1.67. The molecule has 132 valence electrons. The summed E-state index contributed by atoms with van der Waals surface area (Å²) in [6.45, 7) is 3.76. The topological polar surface area (TPSA) is 57.5 Å². The summed E-state index contributed by atoms with van der Waals surface area (Å²) in [6.07, 6.45) is 5.52. The van der Waals surface area contributed by atoms with Gasteiger partial charge in [0.1, 0.15) is 0 Å². The molecule has 3 rings (SSSR count). The molecule has 0 amide bonds. The molecular formula is C18H27N3O2S. The Morgan fingerprint density at radius 1 is 1.29 bits per heavy atom. The molecule has 1 aliphatic rings. The number of rotatable bonds is 7. The number of nitrogens with zero attached hydrogens (tertiary/aromatic N) is 2. The lowest BCUT2D eigenvalue weighted by Crippen LogP contribution is -2.44. The van der Waals surface area contributed by atoms with E-state index in [1.165, 1.54) is 16.5 Å². The smallest absolute Gasteiger partial charge is 0.154 e. The highest BCUT2D eigenvalue weighted by Gasteiger charge is 2.18. The van der Waals surface area contributed by atoms with Crippen molar-refractivity contribution in [1.29, 1.82) is 0 Å². The zero-order chi connectivity index (χ0) is 16.9. The molecule has 1 aromatic heterocycles. The SMILES string of the molecule is Cn1cc(CCNC2CCN(CCS(=O)O)CC2)c2ccccc21. The molecule has 0 radical (unpaired) electrons. The van der Waals surface area contributed by atoms with E-state index in [4.69, 9.17) is 4.55 Å². The van der Waals surface area contributed by atoms with Gasteiger partial charge in [0, 0.05) is 36.7 Å². The maximum Gasteiger partial charge on any atom is 0.154 e. The van der Waals surface area contributed by atoms with Gasteiger partial charge in [-0.15, -0.1) is 0 Å². The van der Waals surface area contributed by atoms with Crippen molar-refractivity contribution in [3.63, 3.8) is 0 Å². The first kappa shape index (κ1) is 17.6. The van der Waals surface area contributed by atoms with E-state index >= 15 is 0 Å². The summed E-state index contributed by atoms with van der Waals surface area (Å²) in [5.41, 5.74) is 2.70. The van der Waals surface area contributed by atoms with Gasteiger partial charge in [0.05, 0.1) is 5.75 Å². The van der Waals surface area contributed by atoms with E-state index in [2.05, 4.69) is 52.3 Å². The molecule has 1 saturated heterocycles. The van der Waals surface area contributed by atoms with Gasteiger partial charge < -0.3 is 19.3 Å². The minimum Gasteiger partial charge on any atom is -0.350 e. The van der Waals surface area contributed by atoms with Crippen molar-refractivity contribution in [1.82, 2.24) is 14.8 Å². The summed E-state index contributed by atoms with van der Waals surface area (Å²) in [4.78, 5) is 2.29. The van der Waals surface area contributed by atoms with E-state index in [1.807, 2.05) is 0 Å². The van der Waals surface area contributed by atoms with Crippen LogP contribution in [-0.4, -0.2) is 56.2 Å². The third kappa shape index (κ3) is 4.45. The average molecular weight is 350 g/mol. The summed E-state index contributed by atoms with van der Waals surface area (Å²) < 4.78 is 21.8. The highest BCUT2D eigenvalue weighted by Crippen LogP contribution is 2.20. The minimum absolute atomic E-state index is 0.360. The summed E-state index contributed by atoms with van der Waals surface area (Å²) in [6, 6.07) is 9.13. The Bertz CT molecular complexity index is 693. The maximum absolute atomic E-state index is 10.7. The monoisotopic (exact) mass is 349 g/mol. The normalized spacial score (nSPS) is 18.2. The highest BCUT2D eigenvalue weighted by molar-refractivity contribution is 7.79. The van der Waals surface area contributed by atoms with Crippen LogP contribution in [0.5, 0.6) is 0 Å². The first-order chi connectivity index (χ1) is 11.6. The van der Waals surface area contributed by atoms with E-state index in [0.29, 0.717) is 11.8 Å². The Morgan fingerprint density at radius 3 is 2.79 bits per heavy atom. The quantitative estimate of drug-likeness (QED) is 0.751. The van der Waals surface area contributed by atoms with Gasteiger partial charge in [0.2, 0.25) is 0 Å². The Hall–Kier alpha value is -1.21. The molecule has 5 nitrogen and oxygen atoms in total. The molecule has 2 N–H and O–H groups in total. The first-order valence-electron chi connectivity index (χ1n) is 8.69. The van der Waals surface area contributed by atoms with Crippen molar-refractivity contribution in [2.75, 3.05) is 31.9 Å². The van der Waals surface area contributed by atoms with Crippen molar-refractivity contribution in [3.8, 4) is 0 Å². The summed E-state index contributed by atoms with van der Waals surface area (Å²) in [5.74, 6) is 0.360. The molecule has 2 heterocycles. The van der Waals surface area contributed by atoms with Crippen LogP contribution in [0.3, 0.4) is 0 Å². The molecule has 0 saturated carbocycles. The second kappa shape index (κ2) is 8.25. The predicted molar refractivity (Wildman–Crippen MR) is 99.7 cm³/mol. The minimum atomic E-state index is -1.67. The fourth-order valence-electron chi connectivity index (χ4n) is 3.60. The molecule has 1 unspecified atom stereocenters. The van der Waals surface area contributed by atoms with Crippen molar-refractivity contribution >= 4 is 22.0 Å². The maximum atomic E-state index is 10.7. The van der Waals surface area contributed by atoms with E-state index < -0.39 is 11.1 Å². The van der Waals surface area contributed by atoms with Crippen molar-refractivity contribution < 1.29 is 8.76 Å². The van der Waals surface area contributed by atoms with Crippen LogP contribution in [0.2, 0.25) is 0 Å². The van der Waals surface area contributed by atoms with Crippen LogP contribution in [0.25, 0.3) is 10.9 Å². The summed E-state index contributed by atoms with van der Waals surface area (Å²) in [5, 5.41) is 5.04. The number of benzene rings is 1. The molecule has 0 aliphatic carbocycles. The number of para-hydroxylation sites is 1. The molecule has 0 bridgehead atoms. The van der Waals surface area contributed by atoms with Gasteiger partial charge >= 0.3 is 0 Å². The number of nitrogens with one attached hydrogen (secondary N) is 1. The third-order valence-corrected chi connectivity index (χ3v) is 5.51. The van der Waals surface area contributed by atoms with Gasteiger partial charge in [0.15, 0.2) is 11.1 Å². The van der Waals surface area contributed by atoms with Gasteiger partial charge in [0.25, 0.3) is 0 Å². The Balaban J connectivity index is 1.43. The zero-order valence-corrected chi connectivity index (χ0v) is 15.1. The Morgan fingerprint density at radius 2 is 2.04 bits per heavy atom. The standard InChI is InChI=1S/C18H27N3O2S/c1-20-14-15(17-4-2-3-5-18(17)20)6-9-19-16-7-10-21(11-8-16)12-13-24(22)23/h2-5,14,16,19H,6-13H2,1H3,(H,22,23). The molecule has 6 heteroatoms. The van der Waals surface area contributed by atoms with E-state index in [-0.39, 0.29) is 0 Å². The van der Waals surface area contributed by atoms with Crippen LogP contribution < -0.4 is 5.32 Å². The lowest BCUT2D eigenvalue weighted by atomic mass is 10.0. The van der Waals surface area contributed by atoms with Crippen LogP contribution in [0.15, 0.2) is 30.5 Å².